The van der Waals surface area contributed by atoms with Crippen molar-refractivity contribution in [3.63, 3.8) is 0 Å². The number of rotatable bonds is 6. The summed E-state index contributed by atoms with van der Waals surface area (Å²) in [6, 6.07) is 6.10. The van der Waals surface area contributed by atoms with E-state index in [2.05, 4.69) is 17.6 Å². The molecule has 1 aromatic carbocycles. The average molecular weight is 344 g/mol. The summed E-state index contributed by atoms with van der Waals surface area (Å²) in [5.74, 6) is 1.72. The Morgan fingerprint density at radius 2 is 2.20 bits per heavy atom. The zero-order chi connectivity index (χ0) is 17.6. The second-order valence-corrected chi connectivity index (χ2v) is 7.36. The third-order valence-electron chi connectivity index (χ3n) is 5.09. The van der Waals surface area contributed by atoms with Crippen LogP contribution in [-0.4, -0.2) is 24.5 Å². The average Bonchev–Trinajstić information content (AvgIpc) is 2.59. The molecule has 1 saturated carbocycles. The molecule has 1 fully saturated rings. The van der Waals surface area contributed by atoms with Gasteiger partial charge in [-0.05, 0) is 55.4 Å². The van der Waals surface area contributed by atoms with Crippen LogP contribution in [0.25, 0.3) is 0 Å². The van der Waals surface area contributed by atoms with Crippen molar-refractivity contribution >= 4 is 17.5 Å². The highest BCUT2D eigenvalue weighted by atomic mass is 16.5. The Morgan fingerprint density at radius 3 is 3.04 bits per heavy atom. The molecular formula is C20H28N2O3. The van der Waals surface area contributed by atoms with E-state index in [4.69, 9.17) is 4.74 Å². The first-order chi connectivity index (χ1) is 12.1. The zero-order valence-electron chi connectivity index (χ0n) is 15.0. The Hall–Kier alpha value is -2.04. The molecule has 2 aliphatic rings. The smallest absolute Gasteiger partial charge is 0.224 e. The zero-order valence-corrected chi connectivity index (χ0v) is 15.0. The highest BCUT2D eigenvalue weighted by molar-refractivity contribution is 5.94. The van der Waals surface area contributed by atoms with Crippen molar-refractivity contribution in [3.05, 3.63) is 23.8 Å². The third-order valence-corrected chi connectivity index (χ3v) is 5.09. The van der Waals surface area contributed by atoms with Crippen LogP contribution < -0.4 is 15.4 Å². The molecule has 0 radical (unpaired) electrons. The van der Waals surface area contributed by atoms with Gasteiger partial charge >= 0.3 is 0 Å². The quantitative estimate of drug-likeness (QED) is 0.777. The van der Waals surface area contributed by atoms with Crippen LogP contribution in [0.2, 0.25) is 0 Å². The summed E-state index contributed by atoms with van der Waals surface area (Å²) < 4.78 is 5.76. The molecule has 5 heteroatoms. The van der Waals surface area contributed by atoms with Crippen LogP contribution in [0.15, 0.2) is 18.2 Å². The van der Waals surface area contributed by atoms with Gasteiger partial charge in [0, 0.05) is 24.6 Å². The van der Waals surface area contributed by atoms with Gasteiger partial charge in [0.2, 0.25) is 11.8 Å². The Bertz CT molecular complexity index is 629. The molecule has 2 N–H and O–H groups in total. The first-order valence-electron chi connectivity index (χ1n) is 9.45. The molecule has 1 heterocycles. The predicted molar refractivity (Wildman–Crippen MR) is 97.7 cm³/mol. The molecule has 2 unspecified atom stereocenters. The molecule has 136 valence electrons. The van der Waals surface area contributed by atoms with Gasteiger partial charge in [-0.1, -0.05) is 19.8 Å². The Balaban J connectivity index is 1.37. The van der Waals surface area contributed by atoms with E-state index in [9.17, 15) is 9.59 Å². The Kier molecular flexibility index (Phi) is 5.95. The topological polar surface area (TPSA) is 67.4 Å². The highest BCUT2D eigenvalue weighted by Gasteiger charge is 2.20. The van der Waals surface area contributed by atoms with Gasteiger partial charge in [0.25, 0.3) is 0 Å². The highest BCUT2D eigenvalue weighted by Crippen LogP contribution is 2.27. The van der Waals surface area contributed by atoms with Gasteiger partial charge in [0.05, 0.1) is 6.61 Å². The fraction of sp³-hybridized carbons (Fsp3) is 0.600. The van der Waals surface area contributed by atoms with Gasteiger partial charge in [0.15, 0.2) is 0 Å². The monoisotopic (exact) mass is 344 g/mol. The van der Waals surface area contributed by atoms with Crippen LogP contribution in [0.1, 0.15) is 57.4 Å². The molecule has 2 atom stereocenters. The number of ether oxygens (including phenoxy) is 1. The summed E-state index contributed by atoms with van der Waals surface area (Å²) in [5, 5.41) is 6.02. The van der Waals surface area contributed by atoms with Gasteiger partial charge < -0.3 is 15.4 Å². The lowest BCUT2D eigenvalue weighted by molar-refractivity contribution is -0.122. The summed E-state index contributed by atoms with van der Waals surface area (Å²) in [4.78, 5) is 23.4. The molecule has 1 aliphatic carbocycles. The number of nitrogens with one attached hydrogen (secondary N) is 2. The summed E-state index contributed by atoms with van der Waals surface area (Å²) in [7, 11) is 0. The summed E-state index contributed by atoms with van der Waals surface area (Å²) in [6.07, 6.45) is 7.20. The Labute approximate surface area is 149 Å². The lowest BCUT2D eigenvalue weighted by Crippen LogP contribution is -2.37. The van der Waals surface area contributed by atoms with Crippen molar-refractivity contribution in [2.24, 2.45) is 5.92 Å². The standard InChI is InChI=1S/C20H28N2O3/c1-14-4-2-5-16(12-14)21-19(23)6-3-11-25-17-8-9-18-15(13-17)7-10-20(24)22-18/h8-9,13-14,16H,2-7,10-12H2,1H3,(H,21,23)(H,22,24). The minimum Gasteiger partial charge on any atom is -0.494 e. The number of hydrogen-bond donors (Lipinski definition) is 2. The number of benzene rings is 1. The minimum atomic E-state index is 0.0690. The normalized spacial score (nSPS) is 22.7. The number of carbonyl (C=O) groups excluding carboxylic acids is 2. The van der Waals surface area contributed by atoms with Gasteiger partial charge in [-0.15, -0.1) is 0 Å². The molecule has 25 heavy (non-hydrogen) atoms. The van der Waals surface area contributed by atoms with E-state index in [1.165, 1.54) is 12.8 Å². The van der Waals surface area contributed by atoms with E-state index >= 15 is 0 Å². The predicted octanol–water partition coefficient (Wildman–Crippen LogP) is 3.43. The van der Waals surface area contributed by atoms with Crippen LogP contribution in [0, 0.1) is 5.92 Å². The second kappa shape index (κ2) is 8.37. The van der Waals surface area contributed by atoms with E-state index in [1.54, 1.807) is 0 Å². The lowest BCUT2D eigenvalue weighted by atomic mass is 9.87. The molecule has 0 aromatic heterocycles. The number of carbonyl (C=O) groups is 2. The van der Waals surface area contributed by atoms with Crippen LogP contribution >= 0.6 is 0 Å². The number of aryl methyl sites for hydroxylation is 1. The van der Waals surface area contributed by atoms with Crippen molar-refractivity contribution in [3.8, 4) is 5.75 Å². The molecule has 1 aromatic rings. The number of anilines is 1. The molecule has 2 amide bonds. The largest absolute Gasteiger partial charge is 0.494 e. The molecule has 3 rings (SSSR count). The summed E-state index contributed by atoms with van der Waals surface area (Å²) in [6.45, 7) is 2.79. The van der Waals surface area contributed by atoms with Gasteiger partial charge in [0.1, 0.15) is 5.75 Å². The van der Waals surface area contributed by atoms with Gasteiger partial charge in [-0.3, -0.25) is 9.59 Å². The fourth-order valence-corrected chi connectivity index (χ4v) is 3.74. The Morgan fingerprint density at radius 1 is 1.32 bits per heavy atom. The van der Waals surface area contributed by atoms with Crippen LogP contribution in [0.3, 0.4) is 0 Å². The summed E-state index contributed by atoms with van der Waals surface area (Å²) in [5.41, 5.74) is 1.99. The molecule has 5 nitrogen and oxygen atoms in total. The number of amides is 2. The van der Waals surface area contributed by atoms with Crippen LogP contribution in [-0.2, 0) is 16.0 Å². The summed E-state index contributed by atoms with van der Waals surface area (Å²) >= 11 is 0. The third kappa shape index (κ3) is 5.21. The van der Waals surface area contributed by atoms with Gasteiger partial charge in [-0.2, -0.15) is 0 Å². The maximum absolute atomic E-state index is 12.0. The minimum absolute atomic E-state index is 0.0690. The molecule has 1 aliphatic heterocycles. The first kappa shape index (κ1) is 17.8. The molecule has 0 bridgehead atoms. The maximum atomic E-state index is 12.0. The lowest BCUT2D eigenvalue weighted by Gasteiger charge is -2.27. The van der Waals surface area contributed by atoms with Crippen molar-refractivity contribution in [2.75, 3.05) is 11.9 Å². The van der Waals surface area contributed by atoms with Crippen molar-refractivity contribution in [1.29, 1.82) is 0 Å². The van der Waals surface area contributed by atoms with E-state index in [-0.39, 0.29) is 11.8 Å². The maximum Gasteiger partial charge on any atom is 0.224 e. The van der Waals surface area contributed by atoms with Crippen molar-refractivity contribution < 1.29 is 14.3 Å². The van der Waals surface area contributed by atoms with E-state index in [0.29, 0.717) is 31.9 Å². The van der Waals surface area contributed by atoms with Crippen LogP contribution in [0.4, 0.5) is 5.69 Å². The number of hydrogen-bond acceptors (Lipinski definition) is 3. The van der Waals surface area contributed by atoms with Crippen molar-refractivity contribution in [1.82, 2.24) is 5.32 Å². The van der Waals surface area contributed by atoms with E-state index < -0.39 is 0 Å². The van der Waals surface area contributed by atoms with Gasteiger partial charge in [-0.25, -0.2) is 0 Å². The molecule has 0 spiro atoms. The van der Waals surface area contributed by atoms with E-state index in [1.807, 2.05) is 18.2 Å². The second-order valence-electron chi connectivity index (χ2n) is 7.36. The SMILES string of the molecule is CC1CCCC(NC(=O)CCCOc2ccc3c(c2)CCC(=O)N3)C1. The molecular weight excluding hydrogens is 316 g/mol. The first-order valence-corrected chi connectivity index (χ1v) is 9.45. The molecule has 0 saturated heterocycles. The van der Waals surface area contributed by atoms with Crippen molar-refractivity contribution in [2.45, 2.75) is 64.3 Å². The fourth-order valence-electron chi connectivity index (χ4n) is 3.74. The van der Waals surface area contributed by atoms with Crippen LogP contribution in [0.5, 0.6) is 5.75 Å². The van der Waals surface area contributed by atoms with E-state index in [0.717, 1.165) is 42.2 Å². The number of fused-ring (bicyclic) bond motifs is 1.